The number of hydrogen-bond acceptors (Lipinski definition) is 5. The predicted octanol–water partition coefficient (Wildman–Crippen LogP) is 2.82. The van der Waals surface area contributed by atoms with Gasteiger partial charge >= 0.3 is 0 Å². The summed E-state index contributed by atoms with van der Waals surface area (Å²) in [5, 5.41) is 16.9. The summed E-state index contributed by atoms with van der Waals surface area (Å²) in [5.74, 6) is 0.398. The second-order valence-electron chi connectivity index (χ2n) is 7.10. The van der Waals surface area contributed by atoms with Crippen LogP contribution in [0.25, 0.3) is 5.69 Å². The first kappa shape index (κ1) is 17.8. The highest BCUT2D eigenvalue weighted by atomic mass is 16.2. The number of aromatic nitrogens is 4. The summed E-state index contributed by atoms with van der Waals surface area (Å²) in [6.45, 7) is 3.99. The topological polar surface area (TPSA) is 102 Å². The van der Waals surface area contributed by atoms with Crippen molar-refractivity contribution < 1.29 is 9.59 Å². The SMILES string of the molecule is Cc1cc(NC(=O)c2ccc(NC(=O)C3CC3C)cc2)ccc1-n1cnnn1. The lowest BCUT2D eigenvalue weighted by Crippen LogP contribution is -2.15. The summed E-state index contributed by atoms with van der Waals surface area (Å²) in [7, 11) is 0. The number of aryl methyl sites for hydroxylation is 1. The van der Waals surface area contributed by atoms with E-state index in [0.717, 1.165) is 17.7 Å². The number of tetrazole rings is 1. The normalized spacial score (nSPS) is 17.8. The number of carbonyl (C=O) groups is 2. The van der Waals surface area contributed by atoms with E-state index in [1.54, 1.807) is 35.0 Å². The molecular weight excluding hydrogens is 356 g/mol. The maximum Gasteiger partial charge on any atom is 0.255 e. The molecular formula is C20H20N6O2. The van der Waals surface area contributed by atoms with Gasteiger partial charge in [0.2, 0.25) is 5.91 Å². The molecule has 142 valence electrons. The van der Waals surface area contributed by atoms with Crippen LogP contribution >= 0.6 is 0 Å². The molecule has 8 nitrogen and oxygen atoms in total. The van der Waals surface area contributed by atoms with E-state index >= 15 is 0 Å². The van der Waals surface area contributed by atoms with Gasteiger partial charge in [0.05, 0.1) is 5.69 Å². The highest BCUT2D eigenvalue weighted by Gasteiger charge is 2.39. The average Bonchev–Trinajstić information content (AvgIpc) is 3.17. The molecule has 8 heteroatoms. The summed E-state index contributed by atoms with van der Waals surface area (Å²) in [4.78, 5) is 24.5. The lowest BCUT2D eigenvalue weighted by atomic mass is 10.1. The molecule has 4 rings (SSSR count). The molecule has 1 aromatic heterocycles. The van der Waals surface area contributed by atoms with Crippen molar-refractivity contribution >= 4 is 23.2 Å². The van der Waals surface area contributed by atoms with Crippen LogP contribution in [0, 0.1) is 18.8 Å². The molecule has 0 bridgehead atoms. The molecule has 3 aromatic rings. The maximum atomic E-state index is 12.5. The van der Waals surface area contributed by atoms with Crippen LogP contribution in [0.5, 0.6) is 0 Å². The highest BCUT2D eigenvalue weighted by Crippen LogP contribution is 2.38. The summed E-state index contributed by atoms with van der Waals surface area (Å²) in [6.07, 6.45) is 2.46. The van der Waals surface area contributed by atoms with E-state index in [1.165, 1.54) is 6.33 Å². The first-order chi connectivity index (χ1) is 13.5. The summed E-state index contributed by atoms with van der Waals surface area (Å²) < 4.78 is 1.57. The molecule has 0 radical (unpaired) electrons. The van der Waals surface area contributed by atoms with Crippen molar-refractivity contribution in [3.05, 3.63) is 59.9 Å². The quantitative estimate of drug-likeness (QED) is 0.713. The van der Waals surface area contributed by atoms with Crippen LogP contribution in [0.4, 0.5) is 11.4 Å². The number of carbonyl (C=O) groups excluding carboxylic acids is 2. The maximum absolute atomic E-state index is 12.5. The first-order valence-electron chi connectivity index (χ1n) is 9.07. The van der Waals surface area contributed by atoms with Crippen LogP contribution in [0.15, 0.2) is 48.8 Å². The van der Waals surface area contributed by atoms with Crippen LogP contribution in [0.2, 0.25) is 0 Å². The van der Waals surface area contributed by atoms with Crippen molar-refractivity contribution in [2.24, 2.45) is 11.8 Å². The van der Waals surface area contributed by atoms with Gasteiger partial charge in [-0.05, 0) is 77.7 Å². The van der Waals surface area contributed by atoms with Crippen molar-refractivity contribution in [3.63, 3.8) is 0 Å². The summed E-state index contributed by atoms with van der Waals surface area (Å²) in [5.41, 5.74) is 3.66. The lowest BCUT2D eigenvalue weighted by Gasteiger charge is -2.10. The van der Waals surface area contributed by atoms with Gasteiger partial charge < -0.3 is 10.6 Å². The van der Waals surface area contributed by atoms with E-state index in [9.17, 15) is 9.59 Å². The molecule has 2 atom stereocenters. The smallest absolute Gasteiger partial charge is 0.255 e. The molecule has 0 spiro atoms. The van der Waals surface area contributed by atoms with Gasteiger partial charge in [-0.25, -0.2) is 4.68 Å². The Morgan fingerprint density at radius 2 is 1.79 bits per heavy atom. The fourth-order valence-electron chi connectivity index (χ4n) is 3.09. The number of amides is 2. The Kier molecular flexibility index (Phi) is 4.60. The Morgan fingerprint density at radius 1 is 1.07 bits per heavy atom. The molecule has 1 saturated carbocycles. The molecule has 1 aliphatic rings. The molecule has 1 heterocycles. The number of nitrogens with one attached hydrogen (secondary N) is 2. The van der Waals surface area contributed by atoms with Crippen molar-refractivity contribution in [1.29, 1.82) is 0 Å². The van der Waals surface area contributed by atoms with Crippen molar-refractivity contribution in [2.75, 3.05) is 10.6 Å². The van der Waals surface area contributed by atoms with Crippen LogP contribution in [-0.4, -0.2) is 32.0 Å². The fourth-order valence-corrected chi connectivity index (χ4v) is 3.09. The van der Waals surface area contributed by atoms with Gasteiger partial charge in [-0.1, -0.05) is 6.92 Å². The second-order valence-corrected chi connectivity index (χ2v) is 7.10. The van der Waals surface area contributed by atoms with Gasteiger partial charge in [-0.3, -0.25) is 9.59 Å². The highest BCUT2D eigenvalue weighted by molar-refractivity contribution is 6.04. The van der Waals surface area contributed by atoms with Crippen molar-refractivity contribution in [1.82, 2.24) is 20.2 Å². The van der Waals surface area contributed by atoms with Gasteiger partial charge in [0, 0.05) is 22.9 Å². The van der Waals surface area contributed by atoms with E-state index in [-0.39, 0.29) is 17.7 Å². The van der Waals surface area contributed by atoms with Gasteiger partial charge in [0.1, 0.15) is 6.33 Å². The molecule has 2 N–H and O–H groups in total. The Labute approximate surface area is 162 Å². The Hall–Kier alpha value is -3.55. The van der Waals surface area contributed by atoms with Gasteiger partial charge in [-0.2, -0.15) is 0 Å². The number of rotatable bonds is 5. The molecule has 1 fully saturated rings. The third-order valence-electron chi connectivity index (χ3n) is 4.91. The molecule has 2 aromatic carbocycles. The summed E-state index contributed by atoms with van der Waals surface area (Å²) >= 11 is 0. The minimum Gasteiger partial charge on any atom is -0.326 e. The molecule has 2 amide bonds. The third-order valence-corrected chi connectivity index (χ3v) is 4.91. The number of anilines is 2. The molecule has 0 aliphatic heterocycles. The third kappa shape index (κ3) is 3.75. The van der Waals surface area contributed by atoms with E-state index in [2.05, 4.69) is 33.1 Å². The Balaban J connectivity index is 1.40. The van der Waals surface area contributed by atoms with E-state index in [4.69, 9.17) is 0 Å². The minimum atomic E-state index is -0.219. The van der Waals surface area contributed by atoms with Crippen LogP contribution in [0.1, 0.15) is 29.3 Å². The van der Waals surface area contributed by atoms with Crippen LogP contribution in [-0.2, 0) is 4.79 Å². The minimum absolute atomic E-state index is 0.0443. The zero-order chi connectivity index (χ0) is 19.7. The van der Waals surface area contributed by atoms with E-state index in [0.29, 0.717) is 22.9 Å². The van der Waals surface area contributed by atoms with Crippen LogP contribution in [0.3, 0.4) is 0 Å². The molecule has 2 unspecified atom stereocenters. The summed E-state index contributed by atoms with van der Waals surface area (Å²) in [6, 6.07) is 12.4. The first-order valence-corrected chi connectivity index (χ1v) is 9.07. The zero-order valence-corrected chi connectivity index (χ0v) is 15.6. The standard InChI is InChI=1S/C20H20N6O2/c1-12-10-17(12)20(28)22-15-5-3-14(4-6-15)19(27)23-16-7-8-18(13(2)9-16)26-11-21-24-25-26/h3-9,11-12,17H,10H2,1-2H3,(H,22,28)(H,23,27). The number of benzene rings is 2. The second kappa shape index (κ2) is 7.22. The predicted molar refractivity (Wildman–Crippen MR) is 104 cm³/mol. The number of hydrogen-bond donors (Lipinski definition) is 2. The van der Waals surface area contributed by atoms with Crippen molar-refractivity contribution in [2.45, 2.75) is 20.3 Å². The molecule has 28 heavy (non-hydrogen) atoms. The monoisotopic (exact) mass is 376 g/mol. The van der Waals surface area contributed by atoms with E-state index < -0.39 is 0 Å². The largest absolute Gasteiger partial charge is 0.326 e. The fraction of sp³-hybridized carbons (Fsp3) is 0.250. The average molecular weight is 376 g/mol. The van der Waals surface area contributed by atoms with E-state index in [1.807, 2.05) is 19.1 Å². The molecule has 1 aliphatic carbocycles. The number of nitrogens with zero attached hydrogens (tertiary/aromatic N) is 4. The Morgan fingerprint density at radius 3 is 2.39 bits per heavy atom. The van der Waals surface area contributed by atoms with Crippen molar-refractivity contribution in [3.8, 4) is 5.69 Å². The molecule has 0 saturated heterocycles. The van der Waals surface area contributed by atoms with Crippen LogP contribution < -0.4 is 10.6 Å². The lowest BCUT2D eigenvalue weighted by molar-refractivity contribution is -0.117. The van der Waals surface area contributed by atoms with Gasteiger partial charge in [-0.15, -0.1) is 5.10 Å². The van der Waals surface area contributed by atoms with Gasteiger partial charge in [0.15, 0.2) is 0 Å². The Bertz CT molecular complexity index is 1010. The zero-order valence-electron chi connectivity index (χ0n) is 15.6. The van der Waals surface area contributed by atoms with Gasteiger partial charge in [0.25, 0.3) is 5.91 Å².